The number of aliphatic hydroxyl groups is 2. The molecule has 0 saturated carbocycles. The van der Waals surface area contributed by atoms with Gasteiger partial charge in [0.25, 0.3) is 0 Å². The molecular formula is C14H19NO4. The third kappa shape index (κ3) is 4.73. The zero-order valence-electron chi connectivity index (χ0n) is 11.0. The number of aliphatic hydroxyl groups excluding tert-OH is 2. The van der Waals surface area contributed by atoms with E-state index in [0.717, 1.165) is 11.3 Å². The van der Waals surface area contributed by atoms with Crippen LogP contribution in [-0.2, 0) is 9.53 Å². The molecule has 0 atom stereocenters. The number of anilines is 1. The first-order chi connectivity index (χ1) is 9.22. The maximum atomic E-state index is 11.1. The van der Waals surface area contributed by atoms with E-state index < -0.39 is 5.97 Å². The van der Waals surface area contributed by atoms with Gasteiger partial charge in [0.2, 0.25) is 0 Å². The first kappa shape index (κ1) is 15.2. The van der Waals surface area contributed by atoms with E-state index in [0.29, 0.717) is 13.1 Å². The van der Waals surface area contributed by atoms with Crippen LogP contribution in [0, 0.1) is 0 Å². The number of hydrogen-bond acceptors (Lipinski definition) is 5. The highest BCUT2D eigenvalue weighted by molar-refractivity contribution is 5.88. The summed E-state index contributed by atoms with van der Waals surface area (Å²) < 4.78 is 4.55. The molecule has 0 aliphatic rings. The van der Waals surface area contributed by atoms with Gasteiger partial charge in [-0.3, -0.25) is 0 Å². The van der Waals surface area contributed by atoms with E-state index in [1.807, 2.05) is 29.2 Å². The molecule has 0 bridgehead atoms. The number of carbonyl (C=O) groups is 1. The Morgan fingerprint density at radius 3 is 2.47 bits per heavy atom. The summed E-state index contributed by atoms with van der Waals surface area (Å²) in [4.78, 5) is 13.0. The first-order valence-corrected chi connectivity index (χ1v) is 6.04. The fourth-order valence-electron chi connectivity index (χ4n) is 1.74. The van der Waals surface area contributed by atoms with Crippen LogP contribution in [0.3, 0.4) is 0 Å². The van der Waals surface area contributed by atoms with Gasteiger partial charge >= 0.3 is 5.97 Å². The molecule has 0 saturated heterocycles. The van der Waals surface area contributed by atoms with Gasteiger partial charge in [0.1, 0.15) is 0 Å². The van der Waals surface area contributed by atoms with Gasteiger partial charge in [-0.15, -0.1) is 0 Å². The predicted molar refractivity (Wildman–Crippen MR) is 73.9 cm³/mol. The summed E-state index contributed by atoms with van der Waals surface area (Å²) in [5.41, 5.74) is 1.68. The monoisotopic (exact) mass is 265 g/mol. The molecule has 5 nitrogen and oxygen atoms in total. The second kappa shape index (κ2) is 8.29. The molecular weight excluding hydrogens is 246 g/mol. The van der Waals surface area contributed by atoms with E-state index >= 15 is 0 Å². The van der Waals surface area contributed by atoms with Gasteiger partial charge in [0.15, 0.2) is 0 Å². The first-order valence-electron chi connectivity index (χ1n) is 6.04. The highest BCUT2D eigenvalue weighted by Crippen LogP contribution is 2.21. The van der Waals surface area contributed by atoms with Crippen molar-refractivity contribution in [2.75, 3.05) is 38.3 Å². The van der Waals surface area contributed by atoms with Crippen LogP contribution in [0.1, 0.15) is 5.56 Å². The molecule has 5 heteroatoms. The number of benzene rings is 1. The van der Waals surface area contributed by atoms with Crippen LogP contribution in [-0.4, -0.2) is 49.6 Å². The molecule has 0 aliphatic carbocycles. The van der Waals surface area contributed by atoms with Crippen molar-refractivity contribution >= 4 is 17.7 Å². The Kier molecular flexibility index (Phi) is 6.63. The molecule has 0 aliphatic heterocycles. The summed E-state index contributed by atoms with van der Waals surface area (Å²) in [7, 11) is 1.32. The lowest BCUT2D eigenvalue weighted by Crippen LogP contribution is -2.30. The third-order valence-electron chi connectivity index (χ3n) is 2.62. The maximum Gasteiger partial charge on any atom is 0.330 e. The number of rotatable bonds is 7. The normalized spacial score (nSPS) is 10.7. The fourth-order valence-corrected chi connectivity index (χ4v) is 1.74. The third-order valence-corrected chi connectivity index (χ3v) is 2.62. The average molecular weight is 265 g/mol. The second-order valence-corrected chi connectivity index (χ2v) is 3.85. The number of carbonyl (C=O) groups excluding carboxylic acids is 1. The van der Waals surface area contributed by atoms with Gasteiger partial charge < -0.3 is 19.8 Å². The number of nitrogens with zero attached hydrogens (tertiary/aromatic N) is 1. The molecule has 0 amide bonds. The maximum absolute atomic E-state index is 11.1. The van der Waals surface area contributed by atoms with E-state index in [-0.39, 0.29) is 13.2 Å². The molecule has 0 spiro atoms. The Labute approximate surface area is 112 Å². The molecule has 19 heavy (non-hydrogen) atoms. The summed E-state index contributed by atoms with van der Waals surface area (Å²) in [5.74, 6) is -0.425. The van der Waals surface area contributed by atoms with Gasteiger partial charge in [-0.1, -0.05) is 18.2 Å². The molecule has 0 heterocycles. The minimum atomic E-state index is -0.425. The molecule has 2 N–H and O–H groups in total. The van der Waals surface area contributed by atoms with Crippen molar-refractivity contribution in [3.05, 3.63) is 35.9 Å². The molecule has 0 unspecified atom stereocenters. The van der Waals surface area contributed by atoms with Crippen LogP contribution in [0.25, 0.3) is 6.08 Å². The molecule has 0 fully saturated rings. The molecule has 1 rings (SSSR count). The van der Waals surface area contributed by atoms with Crippen molar-refractivity contribution in [1.82, 2.24) is 0 Å². The van der Waals surface area contributed by atoms with E-state index in [1.54, 1.807) is 6.08 Å². The highest BCUT2D eigenvalue weighted by Gasteiger charge is 2.08. The quantitative estimate of drug-likeness (QED) is 0.560. The van der Waals surface area contributed by atoms with Gasteiger partial charge in [0.05, 0.1) is 20.3 Å². The van der Waals surface area contributed by atoms with Crippen LogP contribution in [0.15, 0.2) is 30.3 Å². The van der Waals surface area contributed by atoms with Crippen molar-refractivity contribution in [3.8, 4) is 0 Å². The van der Waals surface area contributed by atoms with Gasteiger partial charge in [-0.25, -0.2) is 4.79 Å². The largest absolute Gasteiger partial charge is 0.466 e. The summed E-state index contributed by atoms with van der Waals surface area (Å²) in [6.07, 6.45) is 3.00. The number of para-hydroxylation sites is 1. The van der Waals surface area contributed by atoms with E-state index in [2.05, 4.69) is 4.74 Å². The zero-order chi connectivity index (χ0) is 14.1. The fraction of sp³-hybridized carbons (Fsp3) is 0.357. The van der Waals surface area contributed by atoms with Crippen LogP contribution in [0.4, 0.5) is 5.69 Å². The lowest BCUT2D eigenvalue weighted by molar-refractivity contribution is -0.134. The Hall–Kier alpha value is -1.85. The van der Waals surface area contributed by atoms with E-state index in [9.17, 15) is 4.79 Å². The van der Waals surface area contributed by atoms with Crippen LogP contribution in [0.2, 0.25) is 0 Å². The summed E-state index contributed by atoms with van der Waals surface area (Å²) >= 11 is 0. The predicted octanol–water partition coefficient (Wildman–Crippen LogP) is 0.664. The van der Waals surface area contributed by atoms with Crippen molar-refractivity contribution in [1.29, 1.82) is 0 Å². The Bertz CT molecular complexity index is 425. The Morgan fingerprint density at radius 1 is 1.26 bits per heavy atom. The lowest BCUT2D eigenvalue weighted by Gasteiger charge is -2.24. The standard InChI is InChI=1S/C14H19NO4/c1-19-14(18)7-6-12-4-2-3-5-13(12)15(8-10-16)9-11-17/h2-7,16-17H,8-11H2,1H3/b7-6-. The molecule has 1 aromatic rings. The number of methoxy groups -OCH3 is 1. The molecule has 104 valence electrons. The lowest BCUT2D eigenvalue weighted by atomic mass is 10.1. The van der Waals surface area contributed by atoms with Gasteiger partial charge in [-0.05, 0) is 17.7 Å². The summed E-state index contributed by atoms with van der Waals surface area (Å²) in [6, 6.07) is 7.46. The molecule has 1 aromatic carbocycles. The SMILES string of the molecule is COC(=O)/C=C\c1ccccc1N(CCO)CCO. The highest BCUT2D eigenvalue weighted by atomic mass is 16.5. The topological polar surface area (TPSA) is 70.0 Å². The number of hydrogen-bond donors (Lipinski definition) is 2. The smallest absolute Gasteiger partial charge is 0.330 e. The zero-order valence-corrected chi connectivity index (χ0v) is 11.0. The number of ether oxygens (including phenoxy) is 1. The molecule has 0 aromatic heterocycles. The van der Waals surface area contributed by atoms with Crippen molar-refractivity contribution in [2.24, 2.45) is 0 Å². The molecule has 0 radical (unpaired) electrons. The second-order valence-electron chi connectivity index (χ2n) is 3.85. The van der Waals surface area contributed by atoms with Crippen LogP contribution in [0.5, 0.6) is 0 Å². The van der Waals surface area contributed by atoms with Crippen molar-refractivity contribution in [2.45, 2.75) is 0 Å². The van der Waals surface area contributed by atoms with Crippen LogP contribution < -0.4 is 4.90 Å². The Balaban J connectivity index is 2.98. The summed E-state index contributed by atoms with van der Waals surface area (Å²) in [5, 5.41) is 18.1. The van der Waals surface area contributed by atoms with E-state index in [4.69, 9.17) is 10.2 Å². The minimum Gasteiger partial charge on any atom is -0.466 e. The van der Waals surface area contributed by atoms with E-state index in [1.165, 1.54) is 13.2 Å². The minimum absolute atomic E-state index is 0.00491. The van der Waals surface area contributed by atoms with Crippen molar-refractivity contribution < 1.29 is 19.7 Å². The Morgan fingerprint density at radius 2 is 1.89 bits per heavy atom. The summed E-state index contributed by atoms with van der Waals surface area (Å²) in [6.45, 7) is 0.831. The van der Waals surface area contributed by atoms with Gasteiger partial charge in [-0.2, -0.15) is 0 Å². The van der Waals surface area contributed by atoms with Crippen LogP contribution >= 0.6 is 0 Å². The van der Waals surface area contributed by atoms with Crippen molar-refractivity contribution in [3.63, 3.8) is 0 Å². The average Bonchev–Trinajstić information content (AvgIpc) is 2.45. The van der Waals surface area contributed by atoms with Gasteiger partial charge in [0, 0.05) is 24.9 Å². The number of esters is 1.